The fraction of sp³-hybridized carbons (Fsp3) is 0.276. The Balaban J connectivity index is 1.40. The van der Waals surface area contributed by atoms with E-state index in [0.717, 1.165) is 37.9 Å². The standard InChI is InChI=1S/C29H32N4O2/c1-19-15-20(2)31-27(19)18-33(14-13-23-17-30-26-6-4-3-5-24(23)26)28-11-9-22-16-21(7-10-25(22)28)8-12-29(34)32-35/h3-8,10,12,15-17,28,30-31,35H,9,11,13-14,18H2,1-2H3,(H,32,34). The molecule has 1 aliphatic carbocycles. The number of amides is 1. The van der Waals surface area contributed by atoms with Gasteiger partial charge in [0.2, 0.25) is 0 Å². The van der Waals surface area contributed by atoms with E-state index in [9.17, 15) is 4.79 Å². The highest BCUT2D eigenvalue weighted by molar-refractivity contribution is 5.90. The second-order valence-electron chi connectivity index (χ2n) is 9.52. The van der Waals surface area contributed by atoms with Crippen molar-refractivity contribution >= 4 is 22.9 Å². The van der Waals surface area contributed by atoms with E-state index in [0.29, 0.717) is 6.04 Å². The summed E-state index contributed by atoms with van der Waals surface area (Å²) in [4.78, 5) is 21.0. The quantitative estimate of drug-likeness (QED) is 0.159. The van der Waals surface area contributed by atoms with Gasteiger partial charge in [0.15, 0.2) is 0 Å². The van der Waals surface area contributed by atoms with Gasteiger partial charge in [0.1, 0.15) is 0 Å². The fourth-order valence-corrected chi connectivity index (χ4v) is 5.41. The molecule has 1 amide bonds. The fourth-order valence-electron chi connectivity index (χ4n) is 5.41. The number of hydrogen-bond donors (Lipinski definition) is 4. The maximum absolute atomic E-state index is 11.4. The first-order valence-corrected chi connectivity index (χ1v) is 12.2. The van der Waals surface area contributed by atoms with Crippen LogP contribution in [0.2, 0.25) is 0 Å². The number of carbonyl (C=O) groups excluding carboxylic acids is 1. The molecule has 1 aliphatic rings. The molecule has 6 heteroatoms. The molecule has 0 spiro atoms. The summed E-state index contributed by atoms with van der Waals surface area (Å²) in [6.45, 7) is 6.14. The Morgan fingerprint density at radius 3 is 2.86 bits per heavy atom. The average Bonchev–Trinajstić information content (AvgIpc) is 3.56. The van der Waals surface area contributed by atoms with E-state index in [-0.39, 0.29) is 0 Å². The molecule has 0 saturated heterocycles. The SMILES string of the molecule is Cc1cc(C)c(CN(CCc2c[nH]c3ccccc23)C2CCc3cc(C=CC(=O)NO)ccc32)[nH]1. The zero-order chi connectivity index (χ0) is 24.4. The minimum absolute atomic E-state index is 0.344. The third kappa shape index (κ3) is 4.94. The number of rotatable bonds is 8. The second-order valence-corrected chi connectivity index (χ2v) is 9.52. The van der Waals surface area contributed by atoms with Crippen molar-refractivity contribution in [3.05, 3.63) is 100 Å². The van der Waals surface area contributed by atoms with Crippen LogP contribution in [-0.4, -0.2) is 32.5 Å². The number of hydroxylamine groups is 1. The van der Waals surface area contributed by atoms with E-state index in [4.69, 9.17) is 5.21 Å². The molecule has 0 radical (unpaired) electrons. The number of fused-ring (bicyclic) bond motifs is 2. The van der Waals surface area contributed by atoms with Gasteiger partial charge in [-0.1, -0.05) is 36.4 Å². The molecule has 4 N–H and O–H groups in total. The summed E-state index contributed by atoms with van der Waals surface area (Å²) >= 11 is 0. The Labute approximate surface area is 205 Å². The lowest BCUT2D eigenvalue weighted by molar-refractivity contribution is -0.124. The number of nitrogens with one attached hydrogen (secondary N) is 3. The third-order valence-electron chi connectivity index (χ3n) is 7.15. The Bertz CT molecular complexity index is 1380. The maximum Gasteiger partial charge on any atom is 0.267 e. The van der Waals surface area contributed by atoms with Gasteiger partial charge in [-0.15, -0.1) is 0 Å². The van der Waals surface area contributed by atoms with E-state index in [1.54, 1.807) is 11.6 Å². The van der Waals surface area contributed by atoms with Gasteiger partial charge >= 0.3 is 0 Å². The molecule has 2 heterocycles. The van der Waals surface area contributed by atoms with Gasteiger partial charge in [-0.05, 0) is 79.1 Å². The van der Waals surface area contributed by atoms with Crippen molar-refractivity contribution in [2.24, 2.45) is 0 Å². The van der Waals surface area contributed by atoms with E-state index >= 15 is 0 Å². The van der Waals surface area contributed by atoms with Crippen LogP contribution in [0.3, 0.4) is 0 Å². The molecule has 1 unspecified atom stereocenters. The molecule has 2 aromatic heterocycles. The van der Waals surface area contributed by atoms with Crippen LogP contribution in [0.25, 0.3) is 17.0 Å². The highest BCUT2D eigenvalue weighted by atomic mass is 16.5. The number of H-pyrrole nitrogens is 2. The van der Waals surface area contributed by atoms with Gasteiger partial charge in [-0.3, -0.25) is 14.9 Å². The lowest BCUT2D eigenvalue weighted by atomic mass is 10.0. The van der Waals surface area contributed by atoms with Crippen LogP contribution < -0.4 is 5.48 Å². The molecular formula is C29H32N4O2. The first kappa shape index (κ1) is 23.1. The van der Waals surface area contributed by atoms with Crippen LogP contribution in [0, 0.1) is 13.8 Å². The molecular weight excluding hydrogens is 436 g/mol. The molecule has 0 bridgehead atoms. The molecule has 0 fully saturated rings. The topological polar surface area (TPSA) is 84.2 Å². The number of aromatic nitrogens is 2. The smallest absolute Gasteiger partial charge is 0.267 e. The third-order valence-corrected chi connectivity index (χ3v) is 7.15. The predicted octanol–water partition coefficient (Wildman–Crippen LogP) is 5.36. The summed E-state index contributed by atoms with van der Waals surface area (Å²) in [7, 11) is 0. The number of hydrogen-bond acceptors (Lipinski definition) is 3. The van der Waals surface area contributed by atoms with Crippen LogP contribution in [0.5, 0.6) is 0 Å². The largest absolute Gasteiger partial charge is 0.361 e. The Morgan fingerprint density at radius 1 is 1.20 bits per heavy atom. The Morgan fingerprint density at radius 2 is 2.06 bits per heavy atom. The van der Waals surface area contributed by atoms with Crippen LogP contribution in [0.15, 0.2) is 60.8 Å². The van der Waals surface area contributed by atoms with Gasteiger partial charge in [0, 0.05) is 53.7 Å². The van der Waals surface area contributed by atoms with Gasteiger partial charge in [0.05, 0.1) is 0 Å². The van der Waals surface area contributed by atoms with Crippen LogP contribution in [-0.2, 0) is 24.2 Å². The van der Waals surface area contributed by atoms with Gasteiger partial charge < -0.3 is 9.97 Å². The van der Waals surface area contributed by atoms with Crippen molar-refractivity contribution in [3.63, 3.8) is 0 Å². The van der Waals surface area contributed by atoms with E-state index < -0.39 is 5.91 Å². The van der Waals surface area contributed by atoms with Crippen molar-refractivity contribution in [3.8, 4) is 0 Å². The highest BCUT2D eigenvalue weighted by Gasteiger charge is 2.28. The number of aromatic amines is 2. The first-order valence-electron chi connectivity index (χ1n) is 12.2. The number of nitrogens with zero attached hydrogens (tertiary/aromatic N) is 1. The first-order chi connectivity index (χ1) is 17.0. The summed E-state index contributed by atoms with van der Waals surface area (Å²) in [5.41, 5.74) is 11.6. The minimum Gasteiger partial charge on any atom is -0.361 e. The highest BCUT2D eigenvalue weighted by Crippen LogP contribution is 2.37. The molecule has 4 aromatic rings. The summed E-state index contributed by atoms with van der Waals surface area (Å²) in [6, 6.07) is 17.5. The van der Waals surface area contributed by atoms with Crippen molar-refractivity contribution in [1.29, 1.82) is 0 Å². The van der Waals surface area contributed by atoms with Crippen LogP contribution >= 0.6 is 0 Å². The number of para-hydroxylation sites is 1. The van der Waals surface area contributed by atoms with Crippen molar-refractivity contribution < 1.29 is 10.0 Å². The zero-order valence-electron chi connectivity index (χ0n) is 20.3. The van der Waals surface area contributed by atoms with Crippen LogP contribution in [0.4, 0.5) is 0 Å². The number of carbonyl (C=O) groups is 1. The Hall–Kier alpha value is -3.61. The zero-order valence-corrected chi connectivity index (χ0v) is 20.3. The normalized spacial score (nSPS) is 15.4. The number of aryl methyl sites for hydroxylation is 3. The summed E-state index contributed by atoms with van der Waals surface area (Å²) < 4.78 is 0. The van der Waals surface area contributed by atoms with Gasteiger partial charge in [-0.2, -0.15) is 0 Å². The summed E-state index contributed by atoms with van der Waals surface area (Å²) in [5.74, 6) is -0.525. The lowest BCUT2D eigenvalue weighted by Crippen LogP contribution is -2.29. The molecule has 0 saturated carbocycles. The van der Waals surface area contributed by atoms with E-state index in [1.165, 1.54) is 50.6 Å². The van der Waals surface area contributed by atoms with Gasteiger partial charge in [0.25, 0.3) is 5.91 Å². The number of benzene rings is 2. The average molecular weight is 469 g/mol. The molecule has 180 valence electrons. The monoisotopic (exact) mass is 468 g/mol. The Kier molecular flexibility index (Phi) is 6.57. The van der Waals surface area contributed by atoms with Crippen molar-refractivity contribution in [2.75, 3.05) is 6.54 Å². The molecule has 35 heavy (non-hydrogen) atoms. The van der Waals surface area contributed by atoms with E-state index in [1.807, 2.05) is 0 Å². The molecule has 1 atom stereocenters. The van der Waals surface area contributed by atoms with E-state index in [2.05, 4.69) is 83.4 Å². The minimum atomic E-state index is -0.525. The summed E-state index contributed by atoms with van der Waals surface area (Å²) in [6.07, 6.45) is 8.30. The molecule has 2 aromatic carbocycles. The molecule has 6 nitrogen and oxygen atoms in total. The maximum atomic E-state index is 11.4. The van der Waals surface area contributed by atoms with Crippen molar-refractivity contribution in [1.82, 2.24) is 20.3 Å². The molecule has 5 rings (SSSR count). The lowest BCUT2D eigenvalue weighted by Gasteiger charge is -2.30. The predicted molar refractivity (Wildman–Crippen MR) is 139 cm³/mol. The van der Waals surface area contributed by atoms with Gasteiger partial charge in [-0.25, -0.2) is 5.48 Å². The summed E-state index contributed by atoms with van der Waals surface area (Å²) in [5, 5.41) is 10.0. The van der Waals surface area contributed by atoms with Crippen LogP contribution in [0.1, 0.15) is 51.7 Å². The second kappa shape index (κ2) is 9.94. The van der Waals surface area contributed by atoms with Crippen molar-refractivity contribution in [2.45, 2.75) is 45.7 Å². The molecule has 0 aliphatic heterocycles.